The topological polar surface area (TPSA) is 78.4 Å². The van der Waals surface area contributed by atoms with Crippen LogP contribution in [0, 0.1) is 0 Å². The molecule has 2 aromatic rings. The molecule has 10 heteroatoms. The number of aromatic amines is 1. The van der Waals surface area contributed by atoms with Crippen LogP contribution in [-0.4, -0.2) is 45.9 Å². The molecule has 0 amide bonds. The molecule has 0 aromatic carbocycles. The summed E-state index contributed by atoms with van der Waals surface area (Å²) in [5.74, 6) is -4.07. The van der Waals surface area contributed by atoms with Crippen LogP contribution in [0.25, 0.3) is 0 Å². The van der Waals surface area contributed by atoms with Crippen LogP contribution in [-0.2, 0) is 22.8 Å². The lowest BCUT2D eigenvalue weighted by Gasteiger charge is -2.45. The first kappa shape index (κ1) is 17.8. The normalized spacial score (nSPS) is 21.7. The first-order valence-corrected chi connectivity index (χ1v) is 9.30. The molecule has 0 aliphatic carbocycles. The predicted molar refractivity (Wildman–Crippen MR) is 90.9 cm³/mol. The second kappa shape index (κ2) is 6.26. The highest BCUT2D eigenvalue weighted by Crippen LogP contribution is 2.52. The lowest BCUT2D eigenvalue weighted by atomic mass is 9.84. The van der Waals surface area contributed by atoms with E-state index in [1.165, 1.54) is 12.3 Å². The number of nitrogens with one attached hydrogen (secondary N) is 1. The second-order valence-corrected chi connectivity index (χ2v) is 8.32. The zero-order valence-electron chi connectivity index (χ0n) is 13.6. The van der Waals surface area contributed by atoms with Crippen molar-refractivity contribution in [1.29, 1.82) is 0 Å². The van der Waals surface area contributed by atoms with Gasteiger partial charge < -0.3 is 9.84 Å². The fourth-order valence-electron chi connectivity index (χ4n) is 3.64. The molecule has 0 saturated carbocycles. The Morgan fingerprint density at radius 2 is 2.19 bits per heavy atom. The van der Waals surface area contributed by atoms with Crippen molar-refractivity contribution in [3.8, 4) is 0 Å². The third-order valence-corrected chi connectivity index (χ3v) is 6.48. The molecule has 1 spiro atoms. The van der Waals surface area contributed by atoms with Crippen molar-refractivity contribution < 1.29 is 23.4 Å². The van der Waals surface area contributed by atoms with E-state index in [0.29, 0.717) is 47.3 Å². The number of aromatic carboxylic acids is 1. The predicted octanol–water partition coefficient (Wildman–Crippen LogP) is 3.44. The molecule has 1 fully saturated rings. The molecule has 2 aliphatic heterocycles. The van der Waals surface area contributed by atoms with Crippen molar-refractivity contribution in [2.45, 2.75) is 30.9 Å². The highest BCUT2D eigenvalue weighted by atomic mass is 35.5. The summed E-state index contributed by atoms with van der Waals surface area (Å²) in [5.41, 5.74) is -0.0806. The number of fused-ring (bicyclic) bond motifs is 2. The van der Waals surface area contributed by atoms with Crippen LogP contribution in [0.4, 0.5) is 8.78 Å². The van der Waals surface area contributed by atoms with E-state index in [9.17, 15) is 13.6 Å². The quantitative estimate of drug-likeness (QED) is 0.820. The van der Waals surface area contributed by atoms with E-state index >= 15 is 0 Å². The average Bonchev–Trinajstić information content (AvgIpc) is 3.21. The van der Waals surface area contributed by atoms with Gasteiger partial charge in [0.05, 0.1) is 10.5 Å². The Hall–Kier alpha value is -1.55. The number of rotatable bonds is 3. The number of thiophene rings is 1. The first-order valence-electron chi connectivity index (χ1n) is 8.11. The summed E-state index contributed by atoms with van der Waals surface area (Å²) in [7, 11) is 0. The molecule has 0 unspecified atom stereocenters. The van der Waals surface area contributed by atoms with Crippen molar-refractivity contribution in [2.24, 2.45) is 0 Å². The molecule has 4 rings (SSSR count). The number of aromatic nitrogens is 2. The molecule has 0 atom stereocenters. The van der Waals surface area contributed by atoms with Gasteiger partial charge in [-0.2, -0.15) is 13.9 Å². The molecule has 6 nitrogen and oxygen atoms in total. The third kappa shape index (κ3) is 2.92. The molecule has 1 saturated heterocycles. The van der Waals surface area contributed by atoms with Gasteiger partial charge in [0.1, 0.15) is 17.9 Å². The number of halogens is 3. The third-order valence-electron chi connectivity index (χ3n) is 5.03. The average molecular weight is 404 g/mol. The van der Waals surface area contributed by atoms with Gasteiger partial charge in [-0.25, -0.2) is 4.79 Å². The van der Waals surface area contributed by atoms with Crippen LogP contribution < -0.4 is 0 Å². The maximum Gasteiger partial charge on any atom is 0.354 e. The van der Waals surface area contributed by atoms with E-state index in [4.69, 9.17) is 21.4 Å². The maximum atomic E-state index is 14.1. The van der Waals surface area contributed by atoms with Crippen LogP contribution >= 0.6 is 22.9 Å². The van der Waals surface area contributed by atoms with E-state index in [1.807, 2.05) is 0 Å². The number of carboxylic acids is 1. The molecular formula is C16H16ClF2N3O3S. The Labute approximate surface area is 156 Å². The zero-order valence-corrected chi connectivity index (χ0v) is 15.2. The molecule has 2 aromatic heterocycles. The fourth-order valence-corrected chi connectivity index (χ4v) is 5.12. The highest BCUT2D eigenvalue weighted by molar-refractivity contribution is 7.16. The molecular weight excluding hydrogens is 388 g/mol. The van der Waals surface area contributed by atoms with Crippen molar-refractivity contribution in [2.75, 3.05) is 19.7 Å². The van der Waals surface area contributed by atoms with Gasteiger partial charge in [0.2, 0.25) is 0 Å². The maximum absolute atomic E-state index is 14.1. The molecule has 2 N–H and O–H groups in total. The van der Waals surface area contributed by atoms with Gasteiger partial charge in [-0.05, 0) is 18.9 Å². The van der Waals surface area contributed by atoms with Crippen LogP contribution in [0.2, 0.25) is 4.34 Å². The molecule has 2 aliphatic rings. The van der Waals surface area contributed by atoms with Gasteiger partial charge in [-0.1, -0.05) is 11.6 Å². The smallest absolute Gasteiger partial charge is 0.354 e. The van der Waals surface area contributed by atoms with Crippen LogP contribution in [0.15, 0.2) is 12.3 Å². The van der Waals surface area contributed by atoms with Gasteiger partial charge in [0.15, 0.2) is 0 Å². The summed E-state index contributed by atoms with van der Waals surface area (Å²) in [5, 5.41) is 15.4. The van der Waals surface area contributed by atoms with Crippen LogP contribution in [0.3, 0.4) is 0 Å². The van der Waals surface area contributed by atoms with E-state index in [0.717, 1.165) is 11.3 Å². The number of hydrogen-bond donors (Lipinski definition) is 2. The molecule has 140 valence electrons. The monoisotopic (exact) mass is 403 g/mol. The lowest BCUT2D eigenvalue weighted by molar-refractivity contribution is -0.182. The number of carbonyl (C=O) groups is 1. The molecule has 26 heavy (non-hydrogen) atoms. The largest absolute Gasteiger partial charge is 0.477 e. The minimum atomic E-state index is -3.02. The molecule has 4 heterocycles. The Morgan fingerprint density at radius 3 is 2.88 bits per heavy atom. The van der Waals surface area contributed by atoms with Gasteiger partial charge in [-0.15, -0.1) is 11.3 Å². The summed E-state index contributed by atoms with van der Waals surface area (Å²) < 4.78 is 34.3. The standard InChI is InChI=1S/C16H16ClF2N3O3S/c17-11-5-10-13(26-11)15(25-8-16(10,18)19)1-3-22(4-2-15)7-9-6-20-21-12(9)14(23)24/h5-6H,1-4,7-8H2,(H,20,21)(H,23,24). The SMILES string of the molecule is O=C(O)c1[nH]ncc1CN1CCC2(CC1)OCC(F)(F)c1cc(Cl)sc12. The minimum Gasteiger partial charge on any atom is -0.477 e. The van der Waals surface area contributed by atoms with Crippen molar-refractivity contribution in [1.82, 2.24) is 15.1 Å². The molecule has 0 radical (unpaired) electrons. The Morgan fingerprint density at radius 1 is 1.46 bits per heavy atom. The van der Waals surface area contributed by atoms with Gasteiger partial charge in [-0.3, -0.25) is 10.00 Å². The van der Waals surface area contributed by atoms with Crippen LogP contribution in [0.5, 0.6) is 0 Å². The number of likely N-dealkylation sites (tertiary alicyclic amines) is 1. The highest BCUT2D eigenvalue weighted by Gasteiger charge is 2.51. The number of piperidine rings is 1. The Balaban J connectivity index is 1.51. The van der Waals surface area contributed by atoms with Crippen molar-refractivity contribution >= 4 is 28.9 Å². The number of carboxylic acid groups (broad SMARTS) is 1. The van der Waals surface area contributed by atoms with E-state index in [-0.39, 0.29) is 11.3 Å². The summed E-state index contributed by atoms with van der Waals surface area (Å²) in [4.78, 5) is 13.8. The van der Waals surface area contributed by atoms with E-state index in [1.54, 1.807) is 0 Å². The number of alkyl halides is 2. The van der Waals surface area contributed by atoms with Crippen LogP contribution in [0.1, 0.15) is 39.3 Å². The van der Waals surface area contributed by atoms with Gasteiger partial charge in [0.25, 0.3) is 5.92 Å². The summed E-state index contributed by atoms with van der Waals surface area (Å²) in [6.45, 7) is 0.996. The summed E-state index contributed by atoms with van der Waals surface area (Å²) in [6.07, 6.45) is 2.60. The van der Waals surface area contributed by atoms with Gasteiger partial charge >= 0.3 is 5.97 Å². The number of ether oxygens (including phenoxy) is 1. The molecule has 0 bridgehead atoms. The number of nitrogens with zero attached hydrogens (tertiary/aromatic N) is 2. The van der Waals surface area contributed by atoms with E-state index in [2.05, 4.69) is 15.1 Å². The Kier molecular flexibility index (Phi) is 4.30. The Bertz CT molecular complexity index is 846. The zero-order chi connectivity index (χ0) is 18.5. The second-order valence-electron chi connectivity index (χ2n) is 6.63. The lowest BCUT2D eigenvalue weighted by Crippen LogP contribution is -2.48. The first-order chi connectivity index (χ1) is 12.3. The number of hydrogen-bond acceptors (Lipinski definition) is 5. The summed E-state index contributed by atoms with van der Waals surface area (Å²) >= 11 is 7.16. The van der Waals surface area contributed by atoms with Crippen molar-refractivity contribution in [3.05, 3.63) is 38.3 Å². The van der Waals surface area contributed by atoms with E-state index < -0.39 is 24.1 Å². The fraction of sp³-hybridized carbons (Fsp3) is 0.500. The van der Waals surface area contributed by atoms with Crippen molar-refractivity contribution in [3.63, 3.8) is 0 Å². The summed E-state index contributed by atoms with van der Waals surface area (Å²) in [6, 6.07) is 1.35. The van der Waals surface area contributed by atoms with Gasteiger partial charge in [0, 0.05) is 35.6 Å². The minimum absolute atomic E-state index is 0.0183. The number of H-pyrrole nitrogens is 1.